The van der Waals surface area contributed by atoms with Crippen LogP contribution in [0.3, 0.4) is 0 Å². The molecule has 0 saturated heterocycles. The van der Waals surface area contributed by atoms with Crippen LogP contribution in [-0.4, -0.2) is 24.9 Å². The Morgan fingerprint density at radius 3 is 1.84 bits per heavy atom. The number of hydrogen-bond donors (Lipinski definition) is 0. The van der Waals surface area contributed by atoms with Crippen LogP contribution < -0.4 is 0 Å². The van der Waals surface area contributed by atoms with Crippen LogP contribution in [0.2, 0.25) is 0 Å². The Bertz CT molecular complexity index is 1080. The maximum atomic E-state index is 4.33. The minimum atomic E-state index is 0. The number of nitrogens with zero attached hydrogens (tertiary/aromatic N) is 5. The molecule has 5 aromatic rings. The molecule has 0 fully saturated rings. The smallest absolute Gasteiger partial charge is 0.161 e. The van der Waals surface area contributed by atoms with Crippen molar-refractivity contribution in [3.05, 3.63) is 116 Å². The second-order valence-corrected chi connectivity index (χ2v) is 6.16. The van der Waals surface area contributed by atoms with Crippen LogP contribution in [0, 0.1) is 12.1 Å². The fourth-order valence-electron chi connectivity index (χ4n) is 2.73. The molecule has 6 heteroatoms. The molecule has 0 aliphatic rings. The van der Waals surface area contributed by atoms with Gasteiger partial charge in [-0.2, -0.15) is 0 Å². The first-order valence-corrected chi connectivity index (χ1v) is 9.34. The van der Waals surface area contributed by atoms with Gasteiger partial charge in [0.25, 0.3) is 0 Å². The van der Waals surface area contributed by atoms with E-state index in [0.29, 0.717) is 5.82 Å². The number of pyridine rings is 2. The number of rotatable bonds is 3. The molecule has 2 aromatic carbocycles. The SMILES string of the molecule is [Ir].[c-]1ccccc1-c1cc(-c2ncncn2)ccn1.[c-]1ccccc1-c1ccccn1. The maximum Gasteiger partial charge on any atom is 0.161 e. The van der Waals surface area contributed by atoms with Gasteiger partial charge in [0.2, 0.25) is 0 Å². The number of aromatic nitrogens is 5. The van der Waals surface area contributed by atoms with E-state index in [4.69, 9.17) is 0 Å². The molecule has 0 amide bonds. The third-order valence-electron chi connectivity index (χ3n) is 4.15. The van der Waals surface area contributed by atoms with Gasteiger partial charge in [0.05, 0.1) is 0 Å². The molecular formula is C25H17IrN5-2. The molecule has 0 aliphatic heterocycles. The van der Waals surface area contributed by atoms with Crippen molar-refractivity contribution < 1.29 is 20.1 Å². The van der Waals surface area contributed by atoms with Crippen LogP contribution in [0.1, 0.15) is 0 Å². The summed E-state index contributed by atoms with van der Waals surface area (Å²) in [5, 5.41) is 0. The third kappa shape index (κ3) is 6.19. The Labute approximate surface area is 194 Å². The fourth-order valence-corrected chi connectivity index (χ4v) is 2.73. The van der Waals surface area contributed by atoms with E-state index < -0.39 is 0 Å². The van der Waals surface area contributed by atoms with E-state index in [2.05, 4.69) is 37.1 Å². The van der Waals surface area contributed by atoms with Gasteiger partial charge in [-0.3, -0.25) is 0 Å². The van der Waals surface area contributed by atoms with Gasteiger partial charge < -0.3 is 9.97 Å². The van der Waals surface area contributed by atoms with Gasteiger partial charge in [0, 0.05) is 38.1 Å². The van der Waals surface area contributed by atoms with Crippen molar-refractivity contribution in [2.45, 2.75) is 0 Å². The van der Waals surface area contributed by atoms with Crippen LogP contribution in [0.15, 0.2) is 104 Å². The number of benzene rings is 2. The monoisotopic (exact) mass is 580 g/mol. The van der Waals surface area contributed by atoms with E-state index in [0.717, 1.165) is 28.1 Å². The predicted molar refractivity (Wildman–Crippen MR) is 116 cm³/mol. The summed E-state index contributed by atoms with van der Waals surface area (Å²) >= 11 is 0. The van der Waals surface area contributed by atoms with E-state index in [1.54, 1.807) is 12.4 Å². The fraction of sp³-hybridized carbons (Fsp3) is 0. The molecule has 5 rings (SSSR count). The Hall–Kier alpha value is -3.60. The third-order valence-corrected chi connectivity index (χ3v) is 4.15. The standard InChI is InChI=1S/C14H9N4.C11H8N.Ir/c1-2-4-11(5-3-1)13-8-12(6-7-16-13)14-17-9-15-10-18-14;1-2-6-10(7-3-1)11-8-4-5-9-12-11;/h1-4,6-10H;1-6,8-9H;/q2*-1;. The molecule has 153 valence electrons. The predicted octanol–water partition coefficient (Wildman–Crippen LogP) is 4.95. The minimum Gasteiger partial charge on any atom is -0.305 e. The van der Waals surface area contributed by atoms with Gasteiger partial charge in [-0.25, -0.2) is 15.0 Å². The zero-order valence-electron chi connectivity index (χ0n) is 16.4. The molecular weight excluding hydrogens is 563 g/mol. The average molecular weight is 580 g/mol. The van der Waals surface area contributed by atoms with Crippen LogP contribution in [0.5, 0.6) is 0 Å². The van der Waals surface area contributed by atoms with Crippen molar-refractivity contribution in [3.63, 3.8) is 0 Å². The van der Waals surface area contributed by atoms with Crippen molar-refractivity contribution in [3.8, 4) is 33.9 Å². The van der Waals surface area contributed by atoms with Gasteiger partial charge in [0.1, 0.15) is 12.7 Å². The summed E-state index contributed by atoms with van der Waals surface area (Å²) in [4.78, 5) is 20.6. The van der Waals surface area contributed by atoms with Crippen LogP contribution in [0.4, 0.5) is 0 Å². The van der Waals surface area contributed by atoms with Gasteiger partial charge >= 0.3 is 0 Å². The first-order valence-electron chi connectivity index (χ1n) is 9.34. The zero-order valence-corrected chi connectivity index (χ0v) is 18.8. The Balaban J connectivity index is 0.000000183. The maximum absolute atomic E-state index is 4.33. The average Bonchev–Trinajstić information content (AvgIpc) is 2.87. The Morgan fingerprint density at radius 2 is 1.23 bits per heavy atom. The molecule has 5 nitrogen and oxygen atoms in total. The molecule has 0 aliphatic carbocycles. The first kappa shape index (κ1) is 22.1. The quantitative estimate of drug-likeness (QED) is 0.283. The largest absolute Gasteiger partial charge is 0.305 e. The topological polar surface area (TPSA) is 64.5 Å². The summed E-state index contributed by atoms with van der Waals surface area (Å²) < 4.78 is 0. The molecule has 0 N–H and O–H groups in total. The van der Waals surface area contributed by atoms with Crippen molar-refractivity contribution in [1.29, 1.82) is 0 Å². The van der Waals surface area contributed by atoms with Crippen molar-refractivity contribution in [1.82, 2.24) is 24.9 Å². The normalized spacial score (nSPS) is 9.68. The molecule has 3 aromatic heterocycles. The second-order valence-electron chi connectivity index (χ2n) is 6.16. The van der Waals surface area contributed by atoms with Gasteiger partial charge in [-0.1, -0.05) is 18.2 Å². The summed E-state index contributed by atoms with van der Waals surface area (Å²) in [5.41, 5.74) is 4.73. The Kier molecular flexibility index (Phi) is 8.23. The second kappa shape index (κ2) is 11.6. The van der Waals surface area contributed by atoms with E-state index >= 15 is 0 Å². The van der Waals surface area contributed by atoms with Crippen LogP contribution >= 0.6 is 0 Å². The van der Waals surface area contributed by atoms with E-state index in [1.165, 1.54) is 12.7 Å². The van der Waals surface area contributed by atoms with Crippen LogP contribution in [-0.2, 0) is 20.1 Å². The summed E-state index contributed by atoms with van der Waals surface area (Å²) in [6.07, 6.45) is 6.50. The van der Waals surface area contributed by atoms with Gasteiger partial charge in [-0.15, -0.1) is 71.8 Å². The molecule has 0 spiro atoms. The van der Waals surface area contributed by atoms with Crippen molar-refractivity contribution >= 4 is 0 Å². The van der Waals surface area contributed by atoms with E-state index in [-0.39, 0.29) is 20.1 Å². The number of hydrogen-bond acceptors (Lipinski definition) is 5. The van der Waals surface area contributed by atoms with Crippen LogP contribution in [0.25, 0.3) is 33.9 Å². The summed E-state index contributed by atoms with van der Waals surface area (Å²) in [6.45, 7) is 0. The Morgan fingerprint density at radius 1 is 0.581 bits per heavy atom. The molecule has 31 heavy (non-hydrogen) atoms. The van der Waals surface area contributed by atoms with Gasteiger partial charge in [0.15, 0.2) is 5.82 Å². The van der Waals surface area contributed by atoms with Gasteiger partial charge in [-0.05, 0) is 23.5 Å². The minimum absolute atomic E-state index is 0. The molecule has 0 bridgehead atoms. The molecule has 0 atom stereocenters. The molecule has 0 unspecified atom stereocenters. The van der Waals surface area contributed by atoms with Crippen molar-refractivity contribution in [2.24, 2.45) is 0 Å². The van der Waals surface area contributed by atoms with E-state index in [9.17, 15) is 0 Å². The zero-order chi connectivity index (χ0) is 20.4. The first-order chi connectivity index (χ1) is 14.9. The summed E-state index contributed by atoms with van der Waals surface area (Å²) in [7, 11) is 0. The molecule has 0 saturated carbocycles. The van der Waals surface area contributed by atoms with Crippen molar-refractivity contribution in [2.75, 3.05) is 0 Å². The summed E-state index contributed by atoms with van der Waals surface area (Å²) in [5.74, 6) is 0.643. The molecule has 1 radical (unpaired) electrons. The van der Waals surface area contributed by atoms with E-state index in [1.807, 2.05) is 78.9 Å². The molecule has 3 heterocycles. The summed E-state index contributed by atoms with van der Waals surface area (Å²) in [6, 6.07) is 31.5.